The lowest BCUT2D eigenvalue weighted by molar-refractivity contribution is 0.399. The normalized spacial score (nSPS) is 31.7. The van der Waals surface area contributed by atoms with Crippen molar-refractivity contribution in [1.82, 2.24) is 20.5 Å². The smallest absolute Gasteiger partial charge is 0.244 e. The van der Waals surface area contributed by atoms with Crippen LogP contribution in [0.3, 0.4) is 0 Å². The average molecular weight is 249 g/mol. The largest absolute Gasteiger partial charge is 0.339 e. The van der Waals surface area contributed by atoms with Gasteiger partial charge in [0.15, 0.2) is 0 Å². The topological polar surface area (TPSA) is 56.8 Å². The summed E-state index contributed by atoms with van der Waals surface area (Å²) < 4.78 is 0. The minimum Gasteiger partial charge on any atom is -0.339 e. The van der Waals surface area contributed by atoms with E-state index in [0.29, 0.717) is 5.92 Å². The number of piperidine rings is 1. The molecule has 1 aliphatic heterocycles. The van der Waals surface area contributed by atoms with Gasteiger partial charge in [-0.15, -0.1) is 5.10 Å². The standard InChI is InChI=1S/C13H23N5/c1-9-6-11(9)12-15-13(17-16-12)18-5-3-4-10(8-18)7-14-2/h9-11,14H,3-8H2,1-2H3,(H,15,16,17). The van der Waals surface area contributed by atoms with Gasteiger partial charge in [-0.2, -0.15) is 4.98 Å². The van der Waals surface area contributed by atoms with Crippen LogP contribution in [0.1, 0.15) is 37.9 Å². The first-order valence-electron chi connectivity index (χ1n) is 7.09. The van der Waals surface area contributed by atoms with Gasteiger partial charge in [0.1, 0.15) is 5.82 Å². The predicted octanol–water partition coefficient (Wildman–Crippen LogP) is 1.36. The van der Waals surface area contributed by atoms with Crippen LogP contribution in [0, 0.1) is 11.8 Å². The molecular formula is C13H23N5. The molecule has 2 N–H and O–H groups in total. The second kappa shape index (κ2) is 4.88. The summed E-state index contributed by atoms with van der Waals surface area (Å²) in [6.07, 6.45) is 3.82. The Morgan fingerprint density at radius 2 is 2.33 bits per heavy atom. The van der Waals surface area contributed by atoms with Crippen LogP contribution in [0.5, 0.6) is 0 Å². The van der Waals surface area contributed by atoms with Crippen molar-refractivity contribution in [1.29, 1.82) is 0 Å². The van der Waals surface area contributed by atoms with E-state index in [-0.39, 0.29) is 0 Å². The van der Waals surface area contributed by atoms with E-state index in [1.165, 1.54) is 19.3 Å². The maximum absolute atomic E-state index is 4.68. The summed E-state index contributed by atoms with van der Waals surface area (Å²) in [7, 11) is 2.03. The van der Waals surface area contributed by atoms with Crippen LogP contribution in [0.4, 0.5) is 5.95 Å². The molecule has 3 rings (SSSR count). The summed E-state index contributed by atoms with van der Waals surface area (Å²) in [6, 6.07) is 0. The minimum absolute atomic E-state index is 0.629. The maximum atomic E-state index is 4.68. The number of hydrogen-bond donors (Lipinski definition) is 2. The van der Waals surface area contributed by atoms with Gasteiger partial charge < -0.3 is 10.2 Å². The summed E-state index contributed by atoms with van der Waals surface area (Å²) in [5.41, 5.74) is 0. The molecule has 3 unspecified atom stereocenters. The molecule has 0 amide bonds. The third-order valence-corrected chi connectivity index (χ3v) is 4.25. The number of aromatic nitrogens is 3. The Morgan fingerprint density at radius 3 is 3.06 bits per heavy atom. The third-order valence-electron chi connectivity index (χ3n) is 4.25. The number of anilines is 1. The Balaban J connectivity index is 1.64. The molecule has 0 spiro atoms. The zero-order valence-corrected chi connectivity index (χ0v) is 11.3. The lowest BCUT2D eigenvalue weighted by atomic mass is 9.98. The van der Waals surface area contributed by atoms with Crippen LogP contribution in [0.25, 0.3) is 0 Å². The van der Waals surface area contributed by atoms with Crippen LogP contribution in [-0.4, -0.2) is 41.9 Å². The Kier molecular flexibility index (Phi) is 3.24. The molecule has 5 heteroatoms. The van der Waals surface area contributed by atoms with Gasteiger partial charge in [-0.25, -0.2) is 0 Å². The third kappa shape index (κ3) is 2.36. The first-order valence-corrected chi connectivity index (χ1v) is 7.09. The highest BCUT2D eigenvalue weighted by molar-refractivity contribution is 5.31. The number of hydrogen-bond acceptors (Lipinski definition) is 4. The van der Waals surface area contributed by atoms with Crippen LogP contribution >= 0.6 is 0 Å². The molecule has 0 radical (unpaired) electrons. The average Bonchev–Trinajstić information content (AvgIpc) is 2.93. The monoisotopic (exact) mass is 249 g/mol. The summed E-state index contributed by atoms with van der Waals surface area (Å²) in [5.74, 6) is 4.14. The molecule has 5 nitrogen and oxygen atoms in total. The highest BCUT2D eigenvalue weighted by Gasteiger charge is 2.37. The summed E-state index contributed by atoms with van der Waals surface area (Å²) in [6.45, 7) is 5.54. The van der Waals surface area contributed by atoms with E-state index in [1.807, 2.05) is 7.05 Å². The fraction of sp³-hybridized carbons (Fsp3) is 0.846. The zero-order chi connectivity index (χ0) is 12.5. The van der Waals surface area contributed by atoms with Crippen molar-refractivity contribution in [3.63, 3.8) is 0 Å². The Morgan fingerprint density at radius 1 is 1.50 bits per heavy atom. The van der Waals surface area contributed by atoms with Gasteiger partial charge in [0.25, 0.3) is 0 Å². The lowest BCUT2D eigenvalue weighted by Crippen LogP contribution is -2.39. The van der Waals surface area contributed by atoms with Gasteiger partial charge in [0, 0.05) is 19.0 Å². The fourth-order valence-corrected chi connectivity index (χ4v) is 2.98. The quantitative estimate of drug-likeness (QED) is 0.846. The van der Waals surface area contributed by atoms with Gasteiger partial charge in [-0.1, -0.05) is 6.92 Å². The number of rotatable bonds is 4. The molecule has 0 bridgehead atoms. The van der Waals surface area contributed by atoms with E-state index in [0.717, 1.165) is 43.2 Å². The Hall–Kier alpha value is -1.10. The zero-order valence-electron chi connectivity index (χ0n) is 11.3. The molecule has 100 valence electrons. The number of nitrogens with zero attached hydrogens (tertiary/aromatic N) is 3. The molecule has 1 saturated heterocycles. The molecule has 2 fully saturated rings. The van der Waals surface area contributed by atoms with Crippen LogP contribution in [0.15, 0.2) is 0 Å². The van der Waals surface area contributed by atoms with Crippen LogP contribution in [0.2, 0.25) is 0 Å². The molecule has 2 aliphatic rings. The number of H-pyrrole nitrogens is 1. The van der Waals surface area contributed by atoms with Crippen molar-refractivity contribution in [3.8, 4) is 0 Å². The van der Waals surface area contributed by atoms with Gasteiger partial charge in [-0.3, -0.25) is 5.10 Å². The van der Waals surface area contributed by atoms with Crippen molar-refractivity contribution in [2.45, 2.75) is 32.1 Å². The van der Waals surface area contributed by atoms with Gasteiger partial charge in [0.2, 0.25) is 5.95 Å². The van der Waals surface area contributed by atoms with E-state index in [1.54, 1.807) is 0 Å². The molecule has 0 aromatic carbocycles. The van der Waals surface area contributed by atoms with E-state index in [9.17, 15) is 0 Å². The van der Waals surface area contributed by atoms with E-state index >= 15 is 0 Å². The van der Waals surface area contributed by atoms with Gasteiger partial charge in [0.05, 0.1) is 0 Å². The Labute approximate surface area is 108 Å². The van der Waals surface area contributed by atoms with Crippen molar-refractivity contribution in [2.24, 2.45) is 11.8 Å². The van der Waals surface area contributed by atoms with E-state index in [2.05, 4.69) is 32.3 Å². The van der Waals surface area contributed by atoms with E-state index in [4.69, 9.17) is 0 Å². The lowest BCUT2D eigenvalue weighted by Gasteiger charge is -2.31. The SMILES string of the molecule is CNCC1CCCN(c2n[nH]c(C3CC3C)n2)C1. The van der Waals surface area contributed by atoms with Crippen molar-refractivity contribution < 1.29 is 0 Å². The second-order valence-corrected chi connectivity index (χ2v) is 5.85. The minimum atomic E-state index is 0.629. The number of nitrogens with one attached hydrogen (secondary N) is 2. The molecule has 3 atom stereocenters. The predicted molar refractivity (Wildman–Crippen MR) is 71.8 cm³/mol. The van der Waals surface area contributed by atoms with Gasteiger partial charge >= 0.3 is 0 Å². The molecule has 18 heavy (non-hydrogen) atoms. The second-order valence-electron chi connectivity index (χ2n) is 5.85. The first kappa shape index (κ1) is 12.0. The molecular weight excluding hydrogens is 226 g/mol. The summed E-state index contributed by atoms with van der Waals surface area (Å²) in [5, 5.41) is 10.8. The highest BCUT2D eigenvalue weighted by Crippen LogP contribution is 2.45. The molecule has 1 aliphatic carbocycles. The van der Waals surface area contributed by atoms with E-state index < -0.39 is 0 Å². The van der Waals surface area contributed by atoms with Gasteiger partial charge in [-0.05, 0) is 44.7 Å². The summed E-state index contributed by atoms with van der Waals surface area (Å²) in [4.78, 5) is 7.01. The maximum Gasteiger partial charge on any atom is 0.244 e. The van der Waals surface area contributed by atoms with Crippen LogP contribution in [-0.2, 0) is 0 Å². The van der Waals surface area contributed by atoms with Crippen LogP contribution < -0.4 is 10.2 Å². The highest BCUT2D eigenvalue weighted by atomic mass is 15.4. The van der Waals surface area contributed by atoms with Crippen molar-refractivity contribution in [3.05, 3.63) is 5.82 Å². The number of aromatic amines is 1. The first-order chi connectivity index (χ1) is 8.78. The molecule has 1 aromatic heterocycles. The molecule has 1 aromatic rings. The molecule has 2 heterocycles. The molecule has 1 saturated carbocycles. The Bertz CT molecular complexity index is 400. The summed E-state index contributed by atoms with van der Waals surface area (Å²) >= 11 is 0. The van der Waals surface area contributed by atoms with Crippen molar-refractivity contribution >= 4 is 5.95 Å². The fourth-order valence-electron chi connectivity index (χ4n) is 2.98. The van der Waals surface area contributed by atoms with Crippen molar-refractivity contribution in [2.75, 3.05) is 31.6 Å².